The summed E-state index contributed by atoms with van der Waals surface area (Å²) in [6.45, 7) is 2.38. The summed E-state index contributed by atoms with van der Waals surface area (Å²) in [4.78, 5) is 0. The number of rotatable bonds is 8. The average Bonchev–Trinajstić information content (AvgIpc) is 3.76. The molecule has 0 amide bonds. The Bertz CT molecular complexity index is 1380. The summed E-state index contributed by atoms with van der Waals surface area (Å²) in [6.07, 6.45) is 15.4. The van der Waals surface area contributed by atoms with Gasteiger partial charge in [-0.05, 0) is 66.8 Å². The summed E-state index contributed by atoms with van der Waals surface area (Å²) in [6, 6.07) is 44.4. The van der Waals surface area contributed by atoms with E-state index in [9.17, 15) is 0 Å². The van der Waals surface area contributed by atoms with Crippen molar-refractivity contribution in [3.05, 3.63) is 169 Å². The second kappa shape index (κ2) is 16.0. The van der Waals surface area contributed by atoms with Crippen molar-refractivity contribution in [3.8, 4) is 0 Å². The minimum absolute atomic E-state index is 0. The van der Waals surface area contributed by atoms with Gasteiger partial charge in [-0.25, -0.2) is 0 Å². The van der Waals surface area contributed by atoms with Crippen molar-refractivity contribution >= 4 is 37.2 Å². The Morgan fingerprint density at radius 3 is 1.37 bits per heavy atom. The van der Waals surface area contributed by atoms with Crippen LogP contribution in [0, 0.1) is 0 Å². The summed E-state index contributed by atoms with van der Waals surface area (Å²) >= 11 is 0. The smallest absolute Gasteiger partial charge is 0.0362 e. The third-order valence-corrected chi connectivity index (χ3v) is 12.3. The Morgan fingerprint density at radius 2 is 0.976 bits per heavy atom. The van der Waals surface area contributed by atoms with Crippen molar-refractivity contribution < 1.29 is 17.1 Å². The minimum atomic E-state index is -0.642. The van der Waals surface area contributed by atoms with E-state index in [0.717, 1.165) is 12.8 Å². The van der Waals surface area contributed by atoms with Gasteiger partial charge >= 0.3 is 0 Å². The van der Waals surface area contributed by atoms with Gasteiger partial charge in [-0.3, -0.25) is 4.67 Å². The van der Waals surface area contributed by atoms with Gasteiger partial charge < -0.3 is 0 Å². The molecule has 2 aliphatic carbocycles. The summed E-state index contributed by atoms with van der Waals surface area (Å²) in [5, 5.41) is 7.11. The second-order valence-electron chi connectivity index (χ2n) is 9.82. The Hall–Kier alpha value is -2.82. The Labute approximate surface area is 259 Å². The monoisotopic (exact) mass is 613 g/mol. The van der Waals surface area contributed by atoms with Crippen LogP contribution in [0.25, 0.3) is 0 Å². The number of nitrogens with zero attached hydrogens (tertiary/aromatic N) is 1. The first-order valence-corrected chi connectivity index (χ1v) is 16.6. The van der Waals surface area contributed by atoms with Crippen molar-refractivity contribution in [2.75, 3.05) is 7.05 Å². The molecule has 4 aromatic rings. The standard InChI is InChI=1S/C32H31NP2.C5H6.Fe/c1-26(33(2)35(29-20-11-5-12-21-29)30-22-13-6-14-23-30)31-24-15-25-32(31)34(27-16-7-3-8-17-27)28-18-9-4-10-19-28;1-2-4-5-3-1;/h3-14,16-26H,15H2,1-2H3;1-4H,5H2;/t26-;;/m1../s1. The summed E-state index contributed by atoms with van der Waals surface area (Å²) in [5.74, 6) is 0. The molecule has 41 heavy (non-hydrogen) atoms. The van der Waals surface area contributed by atoms with Crippen LogP contribution in [0.1, 0.15) is 19.8 Å². The van der Waals surface area contributed by atoms with Gasteiger partial charge in [0.1, 0.15) is 0 Å². The molecule has 0 heterocycles. The van der Waals surface area contributed by atoms with Crippen molar-refractivity contribution in [1.29, 1.82) is 0 Å². The Kier molecular flexibility index (Phi) is 12.1. The molecule has 0 unspecified atom stereocenters. The topological polar surface area (TPSA) is 3.24 Å². The van der Waals surface area contributed by atoms with Gasteiger partial charge in [0, 0.05) is 31.2 Å². The normalized spacial score (nSPS) is 14.4. The number of hydrogen-bond donors (Lipinski definition) is 0. The maximum atomic E-state index is 2.61. The quantitative estimate of drug-likeness (QED) is 0.143. The van der Waals surface area contributed by atoms with Gasteiger partial charge in [-0.15, -0.1) is 0 Å². The number of allylic oxidation sites excluding steroid dienone is 6. The zero-order valence-corrected chi connectivity index (χ0v) is 26.6. The summed E-state index contributed by atoms with van der Waals surface area (Å²) in [7, 11) is 1.06. The van der Waals surface area contributed by atoms with E-state index in [1.165, 1.54) is 32.1 Å². The molecule has 0 saturated heterocycles. The maximum Gasteiger partial charge on any atom is 0.0362 e. The molecule has 0 fully saturated rings. The Balaban J connectivity index is 0.000000584. The molecular formula is C37H37FeNP2. The summed E-state index contributed by atoms with van der Waals surface area (Å²) < 4.78 is 2.61. The minimum Gasteiger partial charge on any atom is -0.271 e. The molecule has 0 aromatic heterocycles. The van der Waals surface area contributed by atoms with Crippen LogP contribution in [-0.4, -0.2) is 17.8 Å². The van der Waals surface area contributed by atoms with E-state index in [4.69, 9.17) is 0 Å². The fourth-order valence-corrected chi connectivity index (χ4v) is 10.2. The molecular weight excluding hydrogens is 576 g/mol. The molecule has 4 aromatic carbocycles. The van der Waals surface area contributed by atoms with Crippen molar-refractivity contribution in [3.63, 3.8) is 0 Å². The van der Waals surface area contributed by atoms with E-state index in [1.807, 2.05) is 0 Å². The molecule has 208 valence electrons. The van der Waals surface area contributed by atoms with Crippen molar-refractivity contribution in [2.45, 2.75) is 25.8 Å². The van der Waals surface area contributed by atoms with Crippen LogP contribution in [0.3, 0.4) is 0 Å². The first-order chi connectivity index (χ1) is 19.7. The molecule has 1 atom stereocenters. The molecule has 6 rings (SSSR count). The summed E-state index contributed by atoms with van der Waals surface area (Å²) in [5.41, 5.74) is 1.48. The SMILES string of the molecule is C1=CCC=C1.C[C@H](C1=CCC=C1P(c1ccccc1)c1ccccc1)N(C)P(c1ccccc1)c1ccccc1.[Fe]. The zero-order chi connectivity index (χ0) is 27.6. The third kappa shape index (κ3) is 7.93. The van der Waals surface area contributed by atoms with E-state index in [2.05, 4.69) is 176 Å². The van der Waals surface area contributed by atoms with Crippen LogP contribution in [0.5, 0.6) is 0 Å². The zero-order valence-electron chi connectivity index (χ0n) is 23.7. The predicted molar refractivity (Wildman–Crippen MR) is 179 cm³/mol. The molecule has 2 aliphatic rings. The molecule has 0 spiro atoms. The van der Waals surface area contributed by atoms with E-state index >= 15 is 0 Å². The van der Waals surface area contributed by atoms with Crippen LogP contribution in [-0.2, 0) is 17.1 Å². The van der Waals surface area contributed by atoms with Gasteiger partial charge in [-0.2, -0.15) is 0 Å². The van der Waals surface area contributed by atoms with E-state index in [-0.39, 0.29) is 17.1 Å². The largest absolute Gasteiger partial charge is 0.271 e. The molecule has 0 radical (unpaired) electrons. The van der Waals surface area contributed by atoms with E-state index in [1.54, 1.807) is 0 Å². The van der Waals surface area contributed by atoms with Crippen LogP contribution in [0.2, 0.25) is 0 Å². The third-order valence-electron chi connectivity index (χ3n) is 7.20. The van der Waals surface area contributed by atoms with Gasteiger partial charge in [0.05, 0.1) is 0 Å². The fourth-order valence-electron chi connectivity index (χ4n) is 5.13. The van der Waals surface area contributed by atoms with Gasteiger partial charge in [0.25, 0.3) is 0 Å². The molecule has 0 N–H and O–H groups in total. The first kappa shape index (κ1) is 31.1. The van der Waals surface area contributed by atoms with Crippen LogP contribution in [0.15, 0.2) is 169 Å². The van der Waals surface area contributed by atoms with Gasteiger partial charge in [0.2, 0.25) is 0 Å². The fraction of sp³-hybridized carbons (Fsp3) is 0.135. The molecule has 4 heteroatoms. The molecule has 0 aliphatic heterocycles. The first-order valence-electron chi connectivity index (χ1n) is 14.0. The van der Waals surface area contributed by atoms with Crippen LogP contribution in [0.4, 0.5) is 0 Å². The van der Waals surface area contributed by atoms with Crippen LogP contribution < -0.4 is 21.2 Å². The molecule has 0 bridgehead atoms. The van der Waals surface area contributed by atoms with Gasteiger partial charge in [0.15, 0.2) is 0 Å². The number of likely N-dealkylation sites (N-methyl/N-ethyl adjacent to an activating group) is 1. The van der Waals surface area contributed by atoms with Crippen LogP contribution >= 0.6 is 16.0 Å². The van der Waals surface area contributed by atoms with Gasteiger partial charge in [-0.1, -0.05) is 158 Å². The van der Waals surface area contributed by atoms with Crippen molar-refractivity contribution in [1.82, 2.24) is 4.67 Å². The maximum absolute atomic E-state index is 2.61. The van der Waals surface area contributed by atoms with E-state index < -0.39 is 16.0 Å². The molecule has 0 saturated carbocycles. The predicted octanol–water partition coefficient (Wildman–Crippen LogP) is 8.20. The van der Waals surface area contributed by atoms with Crippen molar-refractivity contribution in [2.24, 2.45) is 0 Å². The second-order valence-corrected chi connectivity index (χ2v) is 14.3. The van der Waals surface area contributed by atoms with E-state index in [0.29, 0.717) is 6.04 Å². The molecule has 1 nitrogen and oxygen atoms in total. The number of hydrogen-bond acceptors (Lipinski definition) is 1. The Morgan fingerprint density at radius 1 is 0.561 bits per heavy atom. The average molecular weight is 614 g/mol. The number of benzene rings is 4.